The first-order chi connectivity index (χ1) is 5.50. The molecule has 0 aliphatic rings. The number of hydrogen-bond acceptors (Lipinski definition) is 2. The number of carboxylic acids is 1. The van der Waals surface area contributed by atoms with Crippen LogP contribution in [0.15, 0.2) is 0 Å². The summed E-state index contributed by atoms with van der Waals surface area (Å²) >= 11 is 0. The zero-order chi connectivity index (χ0) is 9.98. The summed E-state index contributed by atoms with van der Waals surface area (Å²) in [6.45, 7) is 2.06. The Morgan fingerprint density at radius 3 is 1.85 bits per heavy atom. The SMILES string of the molecule is CCCCCC(=O)O.NC(=O)O.[NaH]. The van der Waals surface area contributed by atoms with E-state index in [0.29, 0.717) is 6.42 Å². The van der Waals surface area contributed by atoms with Gasteiger partial charge in [0.05, 0.1) is 0 Å². The van der Waals surface area contributed by atoms with Crippen LogP contribution >= 0.6 is 0 Å². The van der Waals surface area contributed by atoms with E-state index in [9.17, 15) is 4.79 Å². The molecule has 0 unspecified atom stereocenters. The molecule has 1 amide bonds. The average molecular weight is 201 g/mol. The number of primary amides is 1. The van der Waals surface area contributed by atoms with Gasteiger partial charge in [-0.3, -0.25) is 4.79 Å². The summed E-state index contributed by atoms with van der Waals surface area (Å²) in [6.07, 6.45) is 1.94. The zero-order valence-corrected chi connectivity index (χ0v) is 7.12. The first kappa shape index (κ1) is 18.5. The molecule has 0 bridgehead atoms. The van der Waals surface area contributed by atoms with Crippen molar-refractivity contribution >= 4 is 41.6 Å². The van der Waals surface area contributed by atoms with Crippen LogP contribution in [0.5, 0.6) is 0 Å². The van der Waals surface area contributed by atoms with Gasteiger partial charge >= 0.3 is 41.6 Å². The van der Waals surface area contributed by atoms with E-state index in [1.54, 1.807) is 0 Å². The molecule has 5 nitrogen and oxygen atoms in total. The summed E-state index contributed by atoms with van der Waals surface area (Å²) in [4.78, 5) is 18.7. The van der Waals surface area contributed by atoms with E-state index in [0.717, 1.165) is 19.3 Å². The van der Waals surface area contributed by atoms with Gasteiger partial charge in [-0.1, -0.05) is 19.8 Å². The molecule has 0 aromatic rings. The minimum atomic E-state index is -1.33. The normalized spacial score (nSPS) is 7.46. The van der Waals surface area contributed by atoms with Crippen LogP contribution in [0.2, 0.25) is 0 Å². The predicted octanol–water partition coefficient (Wildman–Crippen LogP) is 0.626. The van der Waals surface area contributed by atoms with Gasteiger partial charge in [-0.2, -0.15) is 0 Å². The Bertz CT molecular complexity index is 136. The van der Waals surface area contributed by atoms with Crippen molar-refractivity contribution in [2.75, 3.05) is 0 Å². The maximum absolute atomic E-state index is 9.87. The van der Waals surface area contributed by atoms with Gasteiger partial charge in [-0.15, -0.1) is 0 Å². The number of unbranched alkanes of at least 4 members (excludes halogenated alkanes) is 2. The maximum atomic E-state index is 9.87. The van der Waals surface area contributed by atoms with Gasteiger partial charge in [0.25, 0.3) is 0 Å². The molecule has 0 atom stereocenters. The third kappa shape index (κ3) is 49.6. The van der Waals surface area contributed by atoms with E-state index in [4.69, 9.17) is 15.0 Å². The summed E-state index contributed by atoms with van der Waals surface area (Å²) in [7, 11) is 0. The standard InChI is InChI=1S/C6H12O2.CH3NO2.Na.H/c1-2-3-4-5-6(7)8;2-1(3)4;;/h2-5H2,1H3,(H,7,8);2H2,(H,3,4);;. The number of rotatable bonds is 4. The molecule has 0 aliphatic carbocycles. The quantitative estimate of drug-likeness (QED) is 0.458. The molecule has 0 aromatic heterocycles. The van der Waals surface area contributed by atoms with Crippen molar-refractivity contribution < 1.29 is 19.8 Å². The predicted molar refractivity (Wildman–Crippen MR) is 51.1 cm³/mol. The van der Waals surface area contributed by atoms with E-state index in [1.807, 2.05) is 0 Å². The van der Waals surface area contributed by atoms with Crippen LogP contribution in [-0.4, -0.2) is 51.8 Å². The van der Waals surface area contributed by atoms with Crippen molar-refractivity contribution in [1.82, 2.24) is 0 Å². The molecule has 0 spiro atoms. The van der Waals surface area contributed by atoms with Gasteiger partial charge in [-0.25, -0.2) is 4.79 Å². The van der Waals surface area contributed by atoms with E-state index < -0.39 is 12.1 Å². The van der Waals surface area contributed by atoms with E-state index in [-0.39, 0.29) is 29.6 Å². The number of carbonyl (C=O) groups is 2. The second kappa shape index (κ2) is 14.3. The Labute approximate surface area is 99.6 Å². The van der Waals surface area contributed by atoms with Crippen LogP contribution in [-0.2, 0) is 4.79 Å². The van der Waals surface area contributed by atoms with Crippen molar-refractivity contribution in [3.05, 3.63) is 0 Å². The number of carboxylic acid groups (broad SMARTS) is 2. The van der Waals surface area contributed by atoms with E-state index >= 15 is 0 Å². The summed E-state index contributed by atoms with van der Waals surface area (Å²) in [5.74, 6) is -0.682. The van der Waals surface area contributed by atoms with Crippen LogP contribution in [0.4, 0.5) is 4.79 Å². The first-order valence-electron chi connectivity index (χ1n) is 3.70. The van der Waals surface area contributed by atoms with E-state index in [1.165, 1.54) is 0 Å². The fourth-order valence-electron chi connectivity index (χ4n) is 0.526. The zero-order valence-electron chi connectivity index (χ0n) is 7.12. The van der Waals surface area contributed by atoms with Crippen molar-refractivity contribution in [3.8, 4) is 0 Å². The molecule has 0 rings (SSSR count). The van der Waals surface area contributed by atoms with Crippen LogP contribution in [0.3, 0.4) is 0 Å². The number of amides is 1. The van der Waals surface area contributed by atoms with Crippen molar-refractivity contribution in [2.45, 2.75) is 32.6 Å². The van der Waals surface area contributed by atoms with Crippen molar-refractivity contribution in [1.29, 1.82) is 0 Å². The third-order valence-corrected chi connectivity index (χ3v) is 0.994. The molecule has 0 radical (unpaired) electrons. The molecule has 4 N–H and O–H groups in total. The summed E-state index contributed by atoms with van der Waals surface area (Å²) in [6, 6.07) is 0. The molecule has 74 valence electrons. The molecule has 0 aliphatic heterocycles. The topological polar surface area (TPSA) is 101 Å². The molecular weight excluding hydrogens is 185 g/mol. The summed E-state index contributed by atoms with van der Waals surface area (Å²) in [5.41, 5.74) is 4.03. The second-order valence-corrected chi connectivity index (χ2v) is 2.19. The van der Waals surface area contributed by atoms with Gasteiger partial charge in [0.2, 0.25) is 0 Å². The number of aliphatic carboxylic acids is 1. The molecule has 0 aromatic carbocycles. The molecule has 0 saturated carbocycles. The van der Waals surface area contributed by atoms with Crippen LogP contribution in [0.25, 0.3) is 0 Å². The fraction of sp³-hybridized carbons (Fsp3) is 0.714. The van der Waals surface area contributed by atoms with Gasteiger partial charge in [0.15, 0.2) is 0 Å². The average Bonchev–Trinajstić information content (AvgIpc) is 1.86. The van der Waals surface area contributed by atoms with Gasteiger partial charge < -0.3 is 15.9 Å². The summed E-state index contributed by atoms with van der Waals surface area (Å²) < 4.78 is 0. The van der Waals surface area contributed by atoms with Crippen molar-refractivity contribution in [2.24, 2.45) is 5.73 Å². The second-order valence-electron chi connectivity index (χ2n) is 2.19. The van der Waals surface area contributed by atoms with Gasteiger partial charge in [0, 0.05) is 6.42 Å². The van der Waals surface area contributed by atoms with Gasteiger partial charge in [0.1, 0.15) is 0 Å². The Hall–Kier alpha value is -0.260. The molecule has 13 heavy (non-hydrogen) atoms. The summed E-state index contributed by atoms with van der Waals surface area (Å²) in [5, 5.41) is 15.3. The number of nitrogens with two attached hydrogens (primary N) is 1. The molecule has 0 heterocycles. The van der Waals surface area contributed by atoms with Crippen LogP contribution in [0.1, 0.15) is 32.6 Å². The van der Waals surface area contributed by atoms with E-state index in [2.05, 4.69) is 12.7 Å². The first-order valence-corrected chi connectivity index (χ1v) is 3.70. The Kier molecular flexibility index (Phi) is 20.3. The third-order valence-electron chi connectivity index (χ3n) is 0.994. The Morgan fingerprint density at radius 1 is 1.23 bits per heavy atom. The monoisotopic (exact) mass is 201 g/mol. The molecule has 0 fully saturated rings. The molecule has 6 heteroatoms. The minimum absolute atomic E-state index is 0. The fourth-order valence-corrected chi connectivity index (χ4v) is 0.526. The van der Waals surface area contributed by atoms with Crippen molar-refractivity contribution in [3.63, 3.8) is 0 Å². The Balaban J connectivity index is -0.000000173. The molecule has 0 saturated heterocycles. The molecular formula is C7H16NNaO4. The van der Waals surface area contributed by atoms with Crippen LogP contribution < -0.4 is 5.73 Å². The van der Waals surface area contributed by atoms with Gasteiger partial charge in [-0.05, 0) is 6.42 Å². The number of hydrogen-bond donors (Lipinski definition) is 3. The Morgan fingerprint density at radius 2 is 1.62 bits per heavy atom. The van der Waals surface area contributed by atoms with Crippen LogP contribution in [0, 0.1) is 0 Å².